The Bertz CT molecular complexity index is 1160. The maximum atomic E-state index is 13.1. The molecule has 1 fully saturated rings. The average Bonchev–Trinajstić information content (AvgIpc) is 3.09. The molecule has 1 amide bonds. The number of benzene rings is 2. The molecule has 162 valence electrons. The highest BCUT2D eigenvalue weighted by molar-refractivity contribution is 6.46. The van der Waals surface area contributed by atoms with Crippen molar-refractivity contribution in [3.8, 4) is 11.5 Å². The van der Waals surface area contributed by atoms with Gasteiger partial charge in [-0.15, -0.1) is 0 Å². The zero-order chi connectivity index (χ0) is 22.7. The first-order chi connectivity index (χ1) is 15.5. The third-order valence-electron chi connectivity index (χ3n) is 5.44. The number of nitrogens with zero attached hydrogens (tertiary/aromatic N) is 2. The zero-order valence-corrected chi connectivity index (χ0v) is 17.7. The minimum Gasteiger partial charge on any atom is -0.507 e. The van der Waals surface area contributed by atoms with E-state index in [0.717, 1.165) is 5.56 Å². The summed E-state index contributed by atoms with van der Waals surface area (Å²) in [5.41, 5.74) is 1.98. The highest BCUT2D eigenvalue weighted by Gasteiger charge is 2.46. The van der Waals surface area contributed by atoms with Crippen LogP contribution in [0.3, 0.4) is 0 Å². The molecule has 7 heteroatoms. The SMILES string of the molecule is COc1ccc(C(O)=C2C(=O)C(=O)N(Cc3ccncc3)[C@H]2c2ccc(OC)cc2)cc1. The normalized spacial score (nSPS) is 17.4. The van der Waals surface area contributed by atoms with E-state index in [2.05, 4.69) is 4.98 Å². The van der Waals surface area contributed by atoms with Crippen LogP contribution in [-0.4, -0.2) is 40.9 Å². The minimum atomic E-state index is -0.754. The summed E-state index contributed by atoms with van der Waals surface area (Å²) in [6, 6.07) is 16.6. The smallest absolute Gasteiger partial charge is 0.295 e. The molecule has 0 spiro atoms. The van der Waals surface area contributed by atoms with Gasteiger partial charge in [-0.3, -0.25) is 14.6 Å². The number of hydrogen-bond acceptors (Lipinski definition) is 6. The van der Waals surface area contributed by atoms with Crippen molar-refractivity contribution in [2.45, 2.75) is 12.6 Å². The lowest BCUT2D eigenvalue weighted by molar-refractivity contribution is -0.140. The highest BCUT2D eigenvalue weighted by Crippen LogP contribution is 2.40. The molecule has 0 saturated carbocycles. The molecule has 0 bridgehead atoms. The Labute approximate surface area is 185 Å². The Hall–Kier alpha value is -4.13. The maximum absolute atomic E-state index is 13.1. The number of carbonyl (C=O) groups excluding carboxylic acids is 2. The lowest BCUT2D eigenvalue weighted by Crippen LogP contribution is -2.29. The summed E-state index contributed by atoms with van der Waals surface area (Å²) in [6.07, 6.45) is 3.26. The topological polar surface area (TPSA) is 89.0 Å². The monoisotopic (exact) mass is 430 g/mol. The predicted molar refractivity (Wildman–Crippen MR) is 118 cm³/mol. The van der Waals surface area contributed by atoms with Crippen LogP contribution in [0.5, 0.6) is 11.5 Å². The Morgan fingerprint density at radius 1 is 0.906 bits per heavy atom. The van der Waals surface area contributed by atoms with Gasteiger partial charge < -0.3 is 19.5 Å². The van der Waals surface area contributed by atoms with Gasteiger partial charge in [-0.05, 0) is 59.7 Å². The van der Waals surface area contributed by atoms with E-state index in [9.17, 15) is 14.7 Å². The van der Waals surface area contributed by atoms with Crippen molar-refractivity contribution in [2.75, 3.05) is 14.2 Å². The van der Waals surface area contributed by atoms with Crippen molar-refractivity contribution in [1.82, 2.24) is 9.88 Å². The van der Waals surface area contributed by atoms with E-state index in [-0.39, 0.29) is 17.9 Å². The van der Waals surface area contributed by atoms with Crippen LogP contribution in [0.2, 0.25) is 0 Å². The summed E-state index contributed by atoms with van der Waals surface area (Å²) in [4.78, 5) is 31.6. The van der Waals surface area contributed by atoms with Crippen LogP contribution >= 0.6 is 0 Å². The van der Waals surface area contributed by atoms with Gasteiger partial charge in [-0.25, -0.2) is 0 Å². The van der Waals surface area contributed by atoms with Crippen LogP contribution in [0.4, 0.5) is 0 Å². The maximum Gasteiger partial charge on any atom is 0.295 e. The van der Waals surface area contributed by atoms with Gasteiger partial charge in [0.2, 0.25) is 0 Å². The summed E-state index contributed by atoms with van der Waals surface area (Å²) in [5.74, 6) is -0.365. The summed E-state index contributed by atoms with van der Waals surface area (Å²) in [7, 11) is 3.11. The van der Waals surface area contributed by atoms with Crippen LogP contribution in [0.25, 0.3) is 5.76 Å². The summed E-state index contributed by atoms with van der Waals surface area (Å²) >= 11 is 0. The van der Waals surface area contributed by atoms with Gasteiger partial charge in [-0.1, -0.05) is 12.1 Å². The first-order valence-electron chi connectivity index (χ1n) is 9.99. The molecule has 1 aromatic heterocycles. The Morgan fingerprint density at radius 3 is 2.03 bits per heavy atom. The van der Waals surface area contributed by atoms with Gasteiger partial charge in [0.15, 0.2) is 0 Å². The number of aliphatic hydroxyl groups excluding tert-OH is 1. The van der Waals surface area contributed by atoms with E-state index in [0.29, 0.717) is 22.6 Å². The molecule has 4 rings (SSSR count). The minimum absolute atomic E-state index is 0.0411. The van der Waals surface area contributed by atoms with Crippen molar-refractivity contribution in [3.05, 3.63) is 95.3 Å². The highest BCUT2D eigenvalue weighted by atomic mass is 16.5. The number of methoxy groups -OCH3 is 2. The molecule has 7 nitrogen and oxygen atoms in total. The molecule has 2 heterocycles. The Morgan fingerprint density at radius 2 is 1.47 bits per heavy atom. The van der Waals surface area contributed by atoms with E-state index < -0.39 is 17.7 Å². The average molecular weight is 430 g/mol. The summed E-state index contributed by atoms with van der Waals surface area (Å²) in [5, 5.41) is 11.1. The number of pyridine rings is 1. The van der Waals surface area contributed by atoms with E-state index in [4.69, 9.17) is 9.47 Å². The number of rotatable bonds is 6. The number of carbonyl (C=O) groups is 2. The van der Waals surface area contributed by atoms with Crippen molar-refractivity contribution >= 4 is 17.4 Å². The number of ether oxygens (including phenoxy) is 2. The Kier molecular flexibility index (Phi) is 5.89. The van der Waals surface area contributed by atoms with E-state index in [1.165, 1.54) is 4.90 Å². The number of aliphatic hydroxyl groups is 1. The molecular weight excluding hydrogens is 408 g/mol. The third-order valence-corrected chi connectivity index (χ3v) is 5.44. The van der Waals surface area contributed by atoms with Crippen LogP contribution in [-0.2, 0) is 16.1 Å². The zero-order valence-electron chi connectivity index (χ0n) is 17.7. The fourth-order valence-corrected chi connectivity index (χ4v) is 3.77. The molecule has 0 radical (unpaired) electrons. The molecule has 1 aliphatic heterocycles. The molecule has 0 aliphatic carbocycles. The third kappa shape index (κ3) is 3.92. The fourth-order valence-electron chi connectivity index (χ4n) is 3.77. The number of Topliss-reactive ketones (excluding diaryl/α,β-unsaturated/α-hetero) is 1. The molecule has 3 aromatic rings. The van der Waals surface area contributed by atoms with Crippen molar-refractivity contribution < 1.29 is 24.2 Å². The second-order valence-electron chi connectivity index (χ2n) is 7.28. The number of hydrogen-bond donors (Lipinski definition) is 1. The molecule has 1 saturated heterocycles. The lowest BCUT2D eigenvalue weighted by atomic mass is 9.95. The van der Waals surface area contributed by atoms with Gasteiger partial charge in [0.1, 0.15) is 17.3 Å². The first kappa shape index (κ1) is 21.1. The fraction of sp³-hybridized carbons (Fsp3) is 0.160. The van der Waals surface area contributed by atoms with Crippen molar-refractivity contribution in [1.29, 1.82) is 0 Å². The summed E-state index contributed by atoms with van der Waals surface area (Å²) in [6.45, 7) is 0.198. The van der Waals surface area contributed by atoms with E-state index in [1.54, 1.807) is 87.3 Å². The van der Waals surface area contributed by atoms with Crippen LogP contribution < -0.4 is 9.47 Å². The number of ketones is 1. The van der Waals surface area contributed by atoms with Crippen molar-refractivity contribution in [2.24, 2.45) is 0 Å². The molecule has 2 aromatic carbocycles. The van der Waals surface area contributed by atoms with Crippen LogP contribution in [0, 0.1) is 0 Å². The molecule has 32 heavy (non-hydrogen) atoms. The number of aromatic nitrogens is 1. The number of amides is 1. The largest absolute Gasteiger partial charge is 0.507 e. The lowest BCUT2D eigenvalue weighted by Gasteiger charge is -2.25. The van der Waals surface area contributed by atoms with Gasteiger partial charge >= 0.3 is 0 Å². The molecular formula is C25H22N2O5. The molecule has 1 atom stereocenters. The molecule has 1 N–H and O–H groups in total. The Balaban J connectivity index is 1.83. The number of likely N-dealkylation sites (tertiary alicyclic amines) is 1. The van der Waals surface area contributed by atoms with Gasteiger partial charge in [0.25, 0.3) is 11.7 Å². The van der Waals surface area contributed by atoms with Crippen LogP contribution in [0.1, 0.15) is 22.7 Å². The van der Waals surface area contributed by atoms with Gasteiger partial charge in [0, 0.05) is 24.5 Å². The molecule has 0 unspecified atom stereocenters. The second kappa shape index (κ2) is 8.93. The van der Waals surface area contributed by atoms with Gasteiger partial charge in [-0.2, -0.15) is 0 Å². The van der Waals surface area contributed by atoms with Crippen LogP contribution in [0.15, 0.2) is 78.6 Å². The van der Waals surface area contributed by atoms with E-state index in [1.807, 2.05) is 0 Å². The van der Waals surface area contributed by atoms with Gasteiger partial charge in [0.05, 0.1) is 25.8 Å². The molecule has 1 aliphatic rings. The standard InChI is InChI=1S/C25H22N2O5/c1-31-19-7-3-17(4-8-19)22-21(23(28)18-5-9-20(32-2)10-6-18)24(29)25(30)27(22)15-16-11-13-26-14-12-16/h3-14,22,28H,15H2,1-2H3/t22-/m0/s1. The first-order valence-corrected chi connectivity index (χ1v) is 9.99. The predicted octanol–water partition coefficient (Wildman–Crippen LogP) is 3.72. The quantitative estimate of drug-likeness (QED) is 0.364. The summed E-state index contributed by atoms with van der Waals surface area (Å²) < 4.78 is 10.4. The second-order valence-corrected chi connectivity index (χ2v) is 7.28. The van der Waals surface area contributed by atoms with Crippen molar-refractivity contribution in [3.63, 3.8) is 0 Å². The van der Waals surface area contributed by atoms with E-state index >= 15 is 0 Å².